The second kappa shape index (κ2) is 2.81. The van der Waals surface area contributed by atoms with E-state index in [0.29, 0.717) is 0 Å². The van der Waals surface area contributed by atoms with Crippen LogP contribution in [0.25, 0.3) is 0 Å². The fourth-order valence-corrected chi connectivity index (χ4v) is 2.05. The van der Waals surface area contributed by atoms with Gasteiger partial charge in [-0.1, -0.05) is 12.1 Å². The summed E-state index contributed by atoms with van der Waals surface area (Å²) in [5.74, 6) is -0.154. The van der Waals surface area contributed by atoms with Crippen LogP contribution in [0.4, 0.5) is 5.69 Å². The molecule has 1 unspecified atom stereocenters. The maximum Gasteiger partial charge on any atom is 0.248 e. The Bertz CT molecular complexity index is 426. The van der Waals surface area contributed by atoms with Crippen molar-refractivity contribution in [2.75, 3.05) is 5.32 Å². The SMILES string of the molecule is Cc1ccc2c(c1Br)NC(=O)C2(C)N. The van der Waals surface area contributed by atoms with E-state index in [-0.39, 0.29) is 5.91 Å². The highest BCUT2D eigenvalue weighted by molar-refractivity contribution is 9.10. The number of benzene rings is 1. The topological polar surface area (TPSA) is 55.1 Å². The third kappa shape index (κ3) is 1.11. The van der Waals surface area contributed by atoms with Crippen LogP contribution in [0.1, 0.15) is 18.1 Å². The number of rotatable bonds is 0. The van der Waals surface area contributed by atoms with Gasteiger partial charge in [0, 0.05) is 10.0 Å². The van der Waals surface area contributed by atoms with Crippen LogP contribution in [-0.4, -0.2) is 5.91 Å². The Balaban J connectivity index is 2.70. The van der Waals surface area contributed by atoms with E-state index in [9.17, 15) is 4.79 Å². The largest absolute Gasteiger partial charge is 0.323 e. The molecule has 3 N–H and O–H groups in total. The molecule has 1 aromatic rings. The molecule has 1 atom stereocenters. The lowest BCUT2D eigenvalue weighted by Crippen LogP contribution is -2.40. The number of amides is 1. The predicted molar refractivity (Wildman–Crippen MR) is 59.0 cm³/mol. The molecule has 74 valence electrons. The number of halogens is 1. The van der Waals surface area contributed by atoms with Crippen molar-refractivity contribution in [2.45, 2.75) is 19.4 Å². The highest BCUT2D eigenvalue weighted by atomic mass is 79.9. The fourth-order valence-electron chi connectivity index (χ4n) is 1.60. The molecule has 0 spiro atoms. The minimum atomic E-state index is -0.911. The molecule has 1 heterocycles. The van der Waals surface area contributed by atoms with E-state index >= 15 is 0 Å². The number of carbonyl (C=O) groups excluding carboxylic acids is 1. The summed E-state index contributed by atoms with van der Waals surface area (Å²) in [5, 5.41) is 2.79. The Kier molecular flexibility index (Phi) is 1.94. The highest BCUT2D eigenvalue weighted by Crippen LogP contribution is 2.40. The molecule has 1 aliphatic rings. The summed E-state index contributed by atoms with van der Waals surface area (Å²) < 4.78 is 0.914. The molecule has 0 fully saturated rings. The maximum atomic E-state index is 11.6. The van der Waals surface area contributed by atoms with Crippen LogP contribution in [0.15, 0.2) is 16.6 Å². The van der Waals surface area contributed by atoms with E-state index in [1.807, 2.05) is 19.1 Å². The van der Waals surface area contributed by atoms with Crippen molar-refractivity contribution in [3.05, 3.63) is 27.7 Å². The third-order valence-electron chi connectivity index (χ3n) is 2.60. The summed E-state index contributed by atoms with van der Waals surface area (Å²) in [6.45, 7) is 3.69. The molecule has 0 aliphatic carbocycles. The van der Waals surface area contributed by atoms with Gasteiger partial charge in [-0.25, -0.2) is 0 Å². The van der Waals surface area contributed by atoms with Crippen molar-refractivity contribution in [1.29, 1.82) is 0 Å². The molecule has 0 bridgehead atoms. The van der Waals surface area contributed by atoms with Gasteiger partial charge in [0.2, 0.25) is 5.91 Å². The zero-order valence-electron chi connectivity index (χ0n) is 8.02. The van der Waals surface area contributed by atoms with Crippen LogP contribution < -0.4 is 11.1 Å². The van der Waals surface area contributed by atoms with Crippen LogP contribution in [0.3, 0.4) is 0 Å². The molecule has 0 saturated carbocycles. The molecule has 4 heteroatoms. The van der Waals surface area contributed by atoms with Crippen molar-refractivity contribution in [2.24, 2.45) is 5.73 Å². The number of nitrogens with two attached hydrogens (primary N) is 1. The van der Waals surface area contributed by atoms with Crippen LogP contribution in [0, 0.1) is 6.92 Å². The Morgan fingerprint density at radius 2 is 2.14 bits per heavy atom. The molecule has 0 saturated heterocycles. The van der Waals surface area contributed by atoms with E-state index in [1.165, 1.54) is 0 Å². The van der Waals surface area contributed by atoms with Gasteiger partial charge in [-0.05, 0) is 35.3 Å². The normalized spacial score (nSPS) is 24.7. The van der Waals surface area contributed by atoms with Gasteiger partial charge in [-0.2, -0.15) is 0 Å². The molecular weight excluding hydrogens is 244 g/mol. The fraction of sp³-hybridized carbons (Fsp3) is 0.300. The maximum absolute atomic E-state index is 11.6. The van der Waals surface area contributed by atoms with E-state index in [0.717, 1.165) is 21.3 Å². The van der Waals surface area contributed by atoms with Crippen LogP contribution in [-0.2, 0) is 10.3 Å². The number of nitrogens with one attached hydrogen (secondary N) is 1. The molecule has 1 aliphatic heterocycles. The average molecular weight is 255 g/mol. The van der Waals surface area contributed by atoms with Gasteiger partial charge in [0.25, 0.3) is 0 Å². The molecule has 0 aromatic heterocycles. The first-order valence-corrected chi connectivity index (χ1v) is 5.14. The van der Waals surface area contributed by atoms with Crippen molar-refractivity contribution in [3.8, 4) is 0 Å². The second-order valence-electron chi connectivity index (χ2n) is 3.78. The first kappa shape index (κ1) is 9.68. The summed E-state index contributed by atoms with van der Waals surface area (Å²) in [5.41, 5.74) is 7.75. The number of hydrogen-bond donors (Lipinski definition) is 2. The van der Waals surface area contributed by atoms with Gasteiger partial charge < -0.3 is 11.1 Å². The van der Waals surface area contributed by atoms with Gasteiger partial charge in [0.05, 0.1) is 5.69 Å². The molecule has 14 heavy (non-hydrogen) atoms. The standard InChI is InChI=1S/C10H11BrN2O/c1-5-3-4-6-8(7(5)11)13-9(14)10(6,2)12/h3-4H,12H2,1-2H3,(H,13,14). The summed E-state index contributed by atoms with van der Waals surface area (Å²) >= 11 is 3.44. The Morgan fingerprint density at radius 1 is 1.50 bits per heavy atom. The number of aryl methyl sites for hydroxylation is 1. The summed E-state index contributed by atoms with van der Waals surface area (Å²) in [4.78, 5) is 11.6. The van der Waals surface area contributed by atoms with Crippen molar-refractivity contribution in [3.63, 3.8) is 0 Å². The van der Waals surface area contributed by atoms with E-state index in [4.69, 9.17) is 5.73 Å². The average Bonchev–Trinajstić information content (AvgIpc) is 2.33. The number of anilines is 1. The molecule has 1 aromatic carbocycles. The molecule has 3 nitrogen and oxygen atoms in total. The van der Waals surface area contributed by atoms with Crippen LogP contribution in [0.2, 0.25) is 0 Å². The van der Waals surface area contributed by atoms with Crippen LogP contribution in [0.5, 0.6) is 0 Å². The lowest BCUT2D eigenvalue weighted by atomic mass is 9.94. The van der Waals surface area contributed by atoms with Crippen molar-refractivity contribution >= 4 is 27.5 Å². The monoisotopic (exact) mass is 254 g/mol. The van der Waals surface area contributed by atoms with Gasteiger partial charge in [0.15, 0.2) is 0 Å². The van der Waals surface area contributed by atoms with E-state index < -0.39 is 5.54 Å². The smallest absolute Gasteiger partial charge is 0.248 e. The quantitative estimate of drug-likeness (QED) is 0.743. The lowest BCUT2D eigenvalue weighted by molar-refractivity contribution is -0.120. The zero-order chi connectivity index (χ0) is 10.5. The molecule has 1 amide bonds. The predicted octanol–water partition coefficient (Wildman–Crippen LogP) is 1.88. The highest BCUT2D eigenvalue weighted by Gasteiger charge is 2.40. The summed E-state index contributed by atoms with van der Waals surface area (Å²) in [6, 6.07) is 3.85. The van der Waals surface area contributed by atoms with Gasteiger partial charge in [-0.3, -0.25) is 4.79 Å². The first-order chi connectivity index (χ1) is 6.44. The molecule has 0 radical (unpaired) electrons. The Labute approximate surface area is 90.8 Å². The Morgan fingerprint density at radius 3 is 2.79 bits per heavy atom. The number of carbonyl (C=O) groups is 1. The van der Waals surface area contributed by atoms with Crippen molar-refractivity contribution < 1.29 is 4.79 Å². The van der Waals surface area contributed by atoms with E-state index in [1.54, 1.807) is 6.92 Å². The molecule has 2 rings (SSSR count). The number of hydrogen-bond acceptors (Lipinski definition) is 2. The first-order valence-electron chi connectivity index (χ1n) is 4.34. The minimum absolute atomic E-state index is 0.154. The summed E-state index contributed by atoms with van der Waals surface area (Å²) in [7, 11) is 0. The van der Waals surface area contributed by atoms with E-state index in [2.05, 4.69) is 21.2 Å². The summed E-state index contributed by atoms with van der Waals surface area (Å²) in [6.07, 6.45) is 0. The molecular formula is C10H11BrN2O. The van der Waals surface area contributed by atoms with Gasteiger partial charge in [-0.15, -0.1) is 0 Å². The zero-order valence-corrected chi connectivity index (χ0v) is 9.60. The second-order valence-corrected chi connectivity index (χ2v) is 4.57. The van der Waals surface area contributed by atoms with Gasteiger partial charge >= 0.3 is 0 Å². The van der Waals surface area contributed by atoms with Gasteiger partial charge in [0.1, 0.15) is 5.54 Å². The minimum Gasteiger partial charge on any atom is -0.323 e. The van der Waals surface area contributed by atoms with Crippen molar-refractivity contribution in [1.82, 2.24) is 0 Å². The number of fused-ring (bicyclic) bond motifs is 1. The Hall–Kier alpha value is -0.870. The third-order valence-corrected chi connectivity index (χ3v) is 3.63. The van der Waals surface area contributed by atoms with Crippen LogP contribution >= 0.6 is 15.9 Å². The lowest BCUT2D eigenvalue weighted by Gasteiger charge is -2.15.